The molecule has 0 aromatic heterocycles. The number of rotatable bonds is 12. The highest BCUT2D eigenvalue weighted by Crippen LogP contribution is 2.23. The van der Waals surface area contributed by atoms with Gasteiger partial charge in [0.05, 0.1) is 11.5 Å². The van der Waals surface area contributed by atoms with Crippen LogP contribution >= 0.6 is 24.0 Å². The number of sulfonamides is 1. The Kier molecular flexibility index (Phi) is 9.59. The second-order valence-corrected chi connectivity index (χ2v) is 9.26. The monoisotopic (exact) mass is 365 g/mol. The quantitative estimate of drug-likeness (QED) is 0.385. The van der Waals surface area contributed by atoms with E-state index < -0.39 is 15.9 Å². The van der Waals surface area contributed by atoms with Gasteiger partial charge in [-0.05, 0) is 6.42 Å². The van der Waals surface area contributed by atoms with Crippen molar-refractivity contribution < 1.29 is 13.2 Å². The molecule has 22 heavy (non-hydrogen) atoms. The molecular formula is C15H27NO3S3. The third-order valence-electron chi connectivity index (χ3n) is 3.75. The molecule has 1 amide bonds. The van der Waals surface area contributed by atoms with Crippen LogP contribution in [0.2, 0.25) is 0 Å². The normalized spacial score (nSPS) is 15.8. The van der Waals surface area contributed by atoms with Crippen molar-refractivity contribution in [1.29, 1.82) is 0 Å². The minimum atomic E-state index is -3.54. The molecule has 0 aromatic rings. The Balaban J connectivity index is 2.09. The zero-order chi connectivity index (χ0) is 16.4. The number of amides is 1. The Labute approximate surface area is 144 Å². The first kappa shape index (κ1) is 19.9. The van der Waals surface area contributed by atoms with Crippen molar-refractivity contribution in [2.75, 3.05) is 11.5 Å². The van der Waals surface area contributed by atoms with Crippen molar-refractivity contribution in [3.63, 3.8) is 0 Å². The first-order valence-electron chi connectivity index (χ1n) is 8.21. The van der Waals surface area contributed by atoms with Gasteiger partial charge in [-0.3, -0.25) is 4.79 Å². The maximum Gasteiger partial charge on any atom is 0.252 e. The highest BCUT2D eigenvalue weighted by atomic mass is 32.2. The number of carbonyl (C=O) groups excluding carboxylic acids is 1. The average Bonchev–Trinajstić information content (AvgIpc) is 2.81. The van der Waals surface area contributed by atoms with Gasteiger partial charge in [0, 0.05) is 0 Å². The lowest BCUT2D eigenvalue weighted by molar-refractivity contribution is -0.120. The van der Waals surface area contributed by atoms with Gasteiger partial charge >= 0.3 is 0 Å². The Morgan fingerprint density at radius 1 is 1.00 bits per heavy atom. The number of hydrogen-bond acceptors (Lipinski definition) is 5. The zero-order valence-electron chi connectivity index (χ0n) is 13.4. The van der Waals surface area contributed by atoms with E-state index in [9.17, 15) is 13.2 Å². The maximum absolute atomic E-state index is 12.1. The number of unbranched alkanes of at least 4 members (excludes halogenated alkanes) is 9. The molecule has 1 aliphatic rings. The van der Waals surface area contributed by atoms with Gasteiger partial charge in [-0.2, -0.15) is 4.31 Å². The van der Waals surface area contributed by atoms with Crippen molar-refractivity contribution in [3.05, 3.63) is 0 Å². The Morgan fingerprint density at radius 2 is 1.50 bits per heavy atom. The molecule has 0 spiro atoms. The molecule has 1 aliphatic heterocycles. The molecule has 0 atom stereocenters. The third-order valence-corrected chi connectivity index (χ3v) is 7.08. The number of carbonyl (C=O) groups is 1. The molecule has 0 radical (unpaired) electrons. The SMILES string of the molecule is CCCCCCCCCCCCS(=O)(=O)N1C(=O)CSC1=S. The smallest absolute Gasteiger partial charge is 0.252 e. The average molecular weight is 366 g/mol. The Morgan fingerprint density at radius 3 is 1.95 bits per heavy atom. The van der Waals surface area contributed by atoms with E-state index in [1.807, 2.05) is 0 Å². The van der Waals surface area contributed by atoms with E-state index in [-0.39, 0.29) is 15.8 Å². The fourth-order valence-corrected chi connectivity index (χ4v) is 5.62. The van der Waals surface area contributed by atoms with Crippen LogP contribution in [0.3, 0.4) is 0 Å². The molecule has 0 N–H and O–H groups in total. The molecule has 0 aromatic carbocycles. The van der Waals surface area contributed by atoms with Gasteiger partial charge in [0.15, 0.2) is 4.32 Å². The summed E-state index contributed by atoms with van der Waals surface area (Å²) in [5.74, 6) is -0.228. The maximum atomic E-state index is 12.1. The van der Waals surface area contributed by atoms with Crippen LogP contribution in [-0.4, -0.2) is 34.5 Å². The second-order valence-electron chi connectivity index (χ2n) is 5.71. The van der Waals surface area contributed by atoms with Gasteiger partial charge in [0.1, 0.15) is 0 Å². The molecule has 0 saturated carbocycles. The van der Waals surface area contributed by atoms with Crippen LogP contribution in [0.5, 0.6) is 0 Å². The van der Waals surface area contributed by atoms with Gasteiger partial charge < -0.3 is 0 Å². The summed E-state index contributed by atoms with van der Waals surface area (Å²) in [6, 6.07) is 0. The zero-order valence-corrected chi connectivity index (χ0v) is 15.8. The standard InChI is InChI=1S/C15H27NO3S3/c1-2-3-4-5-6-7-8-9-10-11-12-22(18,19)16-14(17)13-21-15(16)20/h2-13H2,1H3. The van der Waals surface area contributed by atoms with E-state index in [0.29, 0.717) is 6.42 Å². The van der Waals surface area contributed by atoms with Crippen LogP contribution in [0, 0.1) is 0 Å². The van der Waals surface area contributed by atoms with E-state index in [0.717, 1.165) is 28.9 Å². The molecule has 7 heteroatoms. The van der Waals surface area contributed by atoms with E-state index >= 15 is 0 Å². The van der Waals surface area contributed by atoms with Crippen molar-refractivity contribution >= 4 is 44.2 Å². The molecule has 1 saturated heterocycles. The van der Waals surface area contributed by atoms with Gasteiger partial charge in [-0.25, -0.2) is 8.42 Å². The fraction of sp³-hybridized carbons (Fsp3) is 0.867. The first-order chi connectivity index (χ1) is 10.5. The van der Waals surface area contributed by atoms with Crippen molar-refractivity contribution in [2.45, 2.75) is 71.1 Å². The molecule has 0 aliphatic carbocycles. The van der Waals surface area contributed by atoms with Gasteiger partial charge in [-0.1, -0.05) is 88.7 Å². The molecule has 0 unspecified atom stereocenters. The molecular weight excluding hydrogens is 338 g/mol. The van der Waals surface area contributed by atoms with E-state index in [4.69, 9.17) is 12.2 Å². The third kappa shape index (κ3) is 6.96. The predicted molar refractivity (Wildman–Crippen MR) is 97.5 cm³/mol. The largest absolute Gasteiger partial charge is 0.272 e. The molecule has 4 nitrogen and oxygen atoms in total. The Bertz CT molecular complexity index is 447. The van der Waals surface area contributed by atoms with E-state index in [2.05, 4.69) is 6.92 Å². The number of hydrogen-bond donors (Lipinski definition) is 0. The molecule has 1 heterocycles. The van der Waals surface area contributed by atoms with Gasteiger partial charge in [0.25, 0.3) is 5.91 Å². The molecule has 128 valence electrons. The summed E-state index contributed by atoms with van der Waals surface area (Å²) in [5, 5.41) is 0. The summed E-state index contributed by atoms with van der Waals surface area (Å²) < 4.78 is 25.2. The van der Waals surface area contributed by atoms with E-state index in [1.54, 1.807) is 0 Å². The fourth-order valence-electron chi connectivity index (χ4n) is 2.47. The number of nitrogens with zero attached hydrogens (tertiary/aromatic N) is 1. The second kappa shape index (κ2) is 10.6. The summed E-state index contributed by atoms with van der Waals surface area (Å²) in [4.78, 5) is 11.6. The molecule has 1 rings (SSSR count). The lowest BCUT2D eigenvalue weighted by Crippen LogP contribution is -2.36. The highest BCUT2D eigenvalue weighted by Gasteiger charge is 2.36. The van der Waals surface area contributed by atoms with Crippen LogP contribution in [-0.2, 0) is 14.8 Å². The molecule has 1 fully saturated rings. The lowest BCUT2D eigenvalue weighted by atomic mass is 10.1. The summed E-state index contributed by atoms with van der Waals surface area (Å²) in [6.07, 6.45) is 11.5. The summed E-state index contributed by atoms with van der Waals surface area (Å²) >= 11 is 6.06. The predicted octanol–water partition coefficient (Wildman–Crippen LogP) is 4.10. The summed E-state index contributed by atoms with van der Waals surface area (Å²) in [5.41, 5.74) is 0. The Hall–Kier alpha value is -0.140. The molecule has 0 bridgehead atoms. The van der Waals surface area contributed by atoms with Crippen LogP contribution in [0.1, 0.15) is 71.1 Å². The van der Waals surface area contributed by atoms with Crippen LogP contribution in [0.25, 0.3) is 0 Å². The lowest BCUT2D eigenvalue weighted by Gasteiger charge is -2.15. The van der Waals surface area contributed by atoms with Crippen LogP contribution in [0.15, 0.2) is 0 Å². The summed E-state index contributed by atoms with van der Waals surface area (Å²) in [6.45, 7) is 2.22. The minimum Gasteiger partial charge on any atom is -0.272 e. The van der Waals surface area contributed by atoms with Crippen molar-refractivity contribution in [2.24, 2.45) is 0 Å². The summed E-state index contributed by atoms with van der Waals surface area (Å²) in [7, 11) is -3.54. The van der Waals surface area contributed by atoms with E-state index in [1.165, 1.54) is 44.9 Å². The number of thiocarbonyl (C=S) groups is 1. The highest BCUT2D eigenvalue weighted by molar-refractivity contribution is 8.25. The van der Waals surface area contributed by atoms with Crippen molar-refractivity contribution in [3.8, 4) is 0 Å². The van der Waals surface area contributed by atoms with Gasteiger partial charge in [0.2, 0.25) is 10.0 Å². The number of thioether (sulfide) groups is 1. The van der Waals surface area contributed by atoms with Crippen LogP contribution < -0.4 is 0 Å². The van der Waals surface area contributed by atoms with Crippen molar-refractivity contribution in [1.82, 2.24) is 4.31 Å². The minimum absolute atomic E-state index is 0.0237. The first-order valence-corrected chi connectivity index (χ1v) is 11.2. The van der Waals surface area contributed by atoms with Gasteiger partial charge in [-0.15, -0.1) is 0 Å². The topological polar surface area (TPSA) is 54.5 Å². The van der Waals surface area contributed by atoms with Crippen LogP contribution in [0.4, 0.5) is 0 Å².